The Hall–Kier alpha value is -2.28. The van der Waals surface area contributed by atoms with E-state index in [1.807, 2.05) is 6.92 Å². The standard InChI is InChI=1S/C25H35ClN2O5/c1-15-8-17-10-19(14-25(12-15,13-17)28-21(29)11-22(30)32-5)27-23(31)24(3,4)33-20-7-6-18(26)9-16(20)2/h6-7,9,15,17,19H,8,10-14H2,1-5H3,(H,27,31)(H,28,29)/t15-,17?,19+,25-/m0/s1. The third-order valence-electron chi connectivity index (χ3n) is 6.73. The number of amides is 2. The first-order valence-electron chi connectivity index (χ1n) is 11.6. The molecule has 2 saturated carbocycles. The molecule has 2 aliphatic rings. The minimum absolute atomic E-state index is 0.0867. The van der Waals surface area contributed by atoms with Crippen LogP contribution in [0.1, 0.15) is 64.9 Å². The highest BCUT2D eigenvalue weighted by Crippen LogP contribution is 2.45. The van der Waals surface area contributed by atoms with Crippen molar-refractivity contribution in [3.63, 3.8) is 0 Å². The maximum Gasteiger partial charge on any atom is 0.315 e. The second-order valence-corrected chi connectivity index (χ2v) is 10.8. The molecule has 0 aromatic heterocycles. The van der Waals surface area contributed by atoms with Crippen molar-refractivity contribution >= 4 is 29.4 Å². The third-order valence-corrected chi connectivity index (χ3v) is 6.97. The van der Waals surface area contributed by atoms with Crippen molar-refractivity contribution in [2.24, 2.45) is 11.8 Å². The van der Waals surface area contributed by atoms with Crippen molar-refractivity contribution in [2.45, 2.75) is 83.4 Å². The van der Waals surface area contributed by atoms with E-state index in [-0.39, 0.29) is 24.3 Å². The maximum absolute atomic E-state index is 13.2. The Morgan fingerprint density at radius 3 is 2.58 bits per heavy atom. The molecular formula is C25H35ClN2O5. The average molecular weight is 479 g/mol. The van der Waals surface area contributed by atoms with Crippen LogP contribution in [0.4, 0.5) is 0 Å². The van der Waals surface area contributed by atoms with E-state index < -0.39 is 17.1 Å². The second kappa shape index (κ2) is 9.92. The lowest BCUT2D eigenvalue weighted by Crippen LogP contribution is -2.61. The van der Waals surface area contributed by atoms with Crippen LogP contribution in [-0.2, 0) is 19.1 Å². The predicted molar refractivity (Wildman–Crippen MR) is 126 cm³/mol. The number of halogens is 1. The highest BCUT2D eigenvalue weighted by molar-refractivity contribution is 6.30. The smallest absolute Gasteiger partial charge is 0.315 e. The Balaban J connectivity index is 1.69. The van der Waals surface area contributed by atoms with Gasteiger partial charge in [0.25, 0.3) is 5.91 Å². The van der Waals surface area contributed by atoms with Gasteiger partial charge in [-0.2, -0.15) is 0 Å². The number of carbonyl (C=O) groups excluding carboxylic acids is 3. The number of rotatable bonds is 7. The largest absolute Gasteiger partial charge is 0.478 e. The van der Waals surface area contributed by atoms with E-state index in [1.54, 1.807) is 32.0 Å². The molecule has 0 spiro atoms. The van der Waals surface area contributed by atoms with E-state index in [0.717, 1.165) is 31.2 Å². The van der Waals surface area contributed by atoms with Crippen LogP contribution in [0.25, 0.3) is 0 Å². The summed E-state index contributed by atoms with van der Waals surface area (Å²) in [4.78, 5) is 37.3. The van der Waals surface area contributed by atoms with Crippen LogP contribution in [0.2, 0.25) is 5.02 Å². The highest BCUT2D eigenvalue weighted by atomic mass is 35.5. The van der Waals surface area contributed by atoms with Crippen molar-refractivity contribution in [1.82, 2.24) is 10.6 Å². The Morgan fingerprint density at radius 1 is 1.18 bits per heavy atom. The van der Waals surface area contributed by atoms with Crippen molar-refractivity contribution in [3.05, 3.63) is 28.8 Å². The Kier molecular flexibility index (Phi) is 7.62. The summed E-state index contributed by atoms with van der Waals surface area (Å²) in [6.45, 7) is 7.57. The van der Waals surface area contributed by atoms with Crippen LogP contribution >= 0.6 is 11.6 Å². The van der Waals surface area contributed by atoms with Gasteiger partial charge < -0.3 is 20.1 Å². The molecule has 0 saturated heterocycles. The van der Waals surface area contributed by atoms with Gasteiger partial charge in [-0.3, -0.25) is 14.4 Å². The summed E-state index contributed by atoms with van der Waals surface area (Å²) in [5, 5.41) is 6.91. The van der Waals surface area contributed by atoms with Crippen LogP contribution in [0.15, 0.2) is 18.2 Å². The first kappa shape index (κ1) is 25.3. The van der Waals surface area contributed by atoms with E-state index >= 15 is 0 Å². The molecule has 7 nitrogen and oxygen atoms in total. The van der Waals surface area contributed by atoms with Crippen molar-refractivity contribution in [1.29, 1.82) is 0 Å². The number of benzene rings is 1. The number of hydrogen-bond acceptors (Lipinski definition) is 5. The van der Waals surface area contributed by atoms with Gasteiger partial charge in [0.05, 0.1) is 7.11 Å². The van der Waals surface area contributed by atoms with Gasteiger partial charge >= 0.3 is 5.97 Å². The molecule has 1 aromatic rings. The van der Waals surface area contributed by atoms with E-state index in [2.05, 4.69) is 22.3 Å². The molecule has 4 atom stereocenters. The Bertz CT molecular complexity index is 914. The zero-order valence-corrected chi connectivity index (χ0v) is 20.9. The van der Waals surface area contributed by atoms with Crippen LogP contribution < -0.4 is 15.4 Å². The van der Waals surface area contributed by atoms with Crippen molar-refractivity contribution < 1.29 is 23.9 Å². The van der Waals surface area contributed by atoms with Gasteiger partial charge in [0.1, 0.15) is 12.2 Å². The topological polar surface area (TPSA) is 93.7 Å². The summed E-state index contributed by atoms with van der Waals surface area (Å²) < 4.78 is 10.7. The molecule has 2 bridgehead atoms. The fraction of sp³-hybridized carbons (Fsp3) is 0.640. The monoisotopic (exact) mass is 478 g/mol. The van der Waals surface area contributed by atoms with Crippen LogP contribution in [0.5, 0.6) is 5.75 Å². The second-order valence-electron chi connectivity index (χ2n) is 10.3. The first-order chi connectivity index (χ1) is 15.4. The number of fused-ring (bicyclic) bond motifs is 2. The molecule has 0 heterocycles. The minimum Gasteiger partial charge on any atom is -0.478 e. The molecule has 2 aliphatic carbocycles. The summed E-state index contributed by atoms with van der Waals surface area (Å²) >= 11 is 6.03. The van der Waals surface area contributed by atoms with Crippen LogP contribution in [0, 0.1) is 18.8 Å². The zero-order chi connectivity index (χ0) is 24.4. The molecule has 2 amide bonds. The number of hydrogen-bond donors (Lipinski definition) is 2. The summed E-state index contributed by atoms with van der Waals surface area (Å²) in [7, 11) is 1.27. The van der Waals surface area contributed by atoms with E-state index in [9.17, 15) is 14.4 Å². The normalized spacial score (nSPS) is 26.8. The summed E-state index contributed by atoms with van der Waals surface area (Å²) in [6, 6.07) is 5.22. The third kappa shape index (κ3) is 6.40. The zero-order valence-electron chi connectivity index (χ0n) is 20.1. The maximum atomic E-state index is 13.2. The Labute approximate surface area is 200 Å². The minimum atomic E-state index is -1.08. The van der Waals surface area contributed by atoms with Crippen LogP contribution in [-0.4, -0.2) is 42.1 Å². The SMILES string of the molecule is COC(=O)CC(=O)N[C@]12CC(C[C@H](C)C1)C[C@@H](NC(=O)C(C)(C)Oc1ccc(Cl)cc1C)C2. The van der Waals surface area contributed by atoms with Crippen LogP contribution in [0.3, 0.4) is 0 Å². The molecule has 0 aliphatic heterocycles. The van der Waals surface area contributed by atoms with Gasteiger partial charge in [0, 0.05) is 16.6 Å². The molecule has 1 aromatic carbocycles. The van der Waals surface area contributed by atoms with E-state index in [0.29, 0.717) is 29.0 Å². The predicted octanol–water partition coefficient (Wildman–Crippen LogP) is 3.94. The van der Waals surface area contributed by atoms with E-state index in [1.165, 1.54) is 7.11 Å². The van der Waals surface area contributed by atoms with Crippen molar-refractivity contribution in [3.8, 4) is 5.75 Å². The fourth-order valence-corrected chi connectivity index (χ4v) is 5.78. The lowest BCUT2D eigenvalue weighted by molar-refractivity contribution is -0.144. The number of aryl methyl sites for hydroxylation is 1. The van der Waals surface area contributed by atoms with Gasteiger partial charge in [0.15, 0.2) is 5.60 Å². The molecule has 8 heteroatoms. The lowest BCUT2D eigenvalue weighted by Gasteiger charge is -2.51. The molecule has 0 radical (unpaired) electrons. The first-order valence-corrected chi connectivity index (χ1v) is 11.9. The highest BCUT2D eigenvalue weighted by Gasteiger charge is 2.47. The summed E-state index contributed by atoms with van der Waals surface area (Å²) in [5.41, 5.74) is -0.655. The molecule has 3 rings (SSSR count). The number of carbonyl (C=O) groups is 3. The molecule has 33 heavy (non-hydrogen) atoms. The van der Waals surface area contributed by atoms with Gasteiger partial charge in [-0.15, -0.1) is 0 Å². The summed E-state index contributed by atoms with van der Waals surface area (Å²) in [5.74, 6) is 0.386. The average Bonchev–Trinajstić information content (AvgIpc) is 2.68. The lowest BCUT2D eigenvalue weighted by atomic mass is 9.62. The molecule has 182 valence electrons. The van der Waals surface area contributed by atoms with E-state index in [4.69, 9.17) is 16.3 Å². The number of methoxy groups -OCH3 is 1. The van der Waals surface area contributed by atoms with Gasteiger partial charge in [-0.05, 0) is 88.5 Å². The number of nitrogens with one attached hydrogen (secondary N) is 2. The molecule has 2 fully saturated rings. The van der Waals surface area contributed by atoms with Gasteiger partial charge in [-0.25, -0.2) is 0 Å². The van der Waals surface area contributed by atoms with Crippen molar-refractivity contribution in [2.75, 3.05) is 7.11 Å². The molecular weight excluding hydrogens is 444 g/mol. The summed E-state index contributed by atoms with van der Waals surface area (Å²) in [6.07, 6.45) is 3.94. The molecule has 1 unspecified atom stereocenters. The van der Waals surface area contributed by atoms with Gasteiger partial charge in [0.2, 0.25) is 5.91 Å². The Morgan fingerprint density at radius 2 is 1.91 bits per heavy atom. The van der Waals surface area contributed by atoms with Gasteiger partial charge in [-0.1, -0.05) is 18.5 Å². The fourth-order valence-electron chi connectivity index (χ4n) is 5.56. The quantitative estimate of drug-likeness (QED) is 0.457. The number of esters is 1. The molecule has 2 N–H and O–H groups in total. The number of ether oxygens (including phenoxy) is 2.